The van der Waals surface area contributed by atoms with Gasteiger partial charge in [-0.3, -0.25) is 4.90 Å². The fraction of sp³-hybridized carbons (Fsp3) is 0.727. The van der Waals surface area contributed by atoms with Crippen molar-refractivity contribution in [2.24, 2.45) is 0 Å². The van der Waals surface area contributed by atoms with Crippen LogP contribution in [0.15, 0.2) is 12.2 Å². The molecule has 2 heterocycles. The van der Waals surface area contributed by atoms with Crippen molar-refractivity contribution in [3.8, 4) is 0 Å². The van der Waals surface area contributed by atoms with Crippen LogP contribution in [0, 0.1) is 0 Å². The lowest BCUT2D eigenvalue weighted by Crippen LogP contribution is -2.47. The average molecular weight is 213 g/mol. The van der Waals surface area contributed by atoms with Crippen molar-refractivity contribution in [2.75, 3.05) is 19.7 Å². The number of ether oxygens (including phenoxy) is 1. The number of halogens is 1. The highest BCUT2D eigenvalue weighted by atomic mass is 19.1. The SMILES string of the molecule is C=C1CCN2C[C@H](F)CC12C(=O)OCC. The smallest absolute Gasteiger partial charge is 0.330 e. The zero-order chi connectivity index (χ0) is 11.1. The van der Waals surface area contributed by atoms with Crippen LogP contribution >= 0.6 is 0 Å². The quantitative estimate of drug-likeness (QED) is 0.511. The van der Waals surface area contributed by atoms with Crippen molar-refractivity contribution in [2.45, 2.75) is 31.5 Å². The number of nitrogens with zero attached hydrogens (tertiary/aromatic N) is 1. The summed E-state index contributed by atoms with van der Waals surface area (Å²) in [6.07, 6.45) is 0.0439. The van der Waals surface area contributed by atoms with Crippen LogP contribution in [0.25, 0.3) is 0 Å². The summed E-state index contributed by atoms with van der Waals surface area (Å²) in [5.74, 6) is -0.326. The predicted octanol–water partition coefficient (Wildman–Crippen LogP) is 1.29. The molecule has 0 bridgehead atoms. The van der Waals surface area contributed by atoms with Gasteiger partial charge in [-0.05, 0) is 18.9 Å². The third-order valence-corrected chi connectivity index (χ3v) is 3.36. The van der Waals surface area contributed by atoms with Crippen LogP contribution in [-0.2, 0) is 9.53 Å². The van der Waals surface area contributed by atoms with Crippen molar-refractivity contribution >= 4 is 5.97 Å². The highest BCUT2D eigenvalue weighted by molar-refractivity contribution is 5.86. The van der Waals surface area contributed by atoms with E-state index in [1.165, 1.54) is 0 Å². The van der Waals surface area contributed by atoms with Gasteiger partial charge in [0.15, 0.2) is 0 Å². The lowest BCUT2D eigenvalue weighted by Gasteiger charge is -2.29. The number of hydrogen-bond donors (Lipinski definition) is 0. The molecule has 2 aliphatic rings. The summed E-state index contributed by atoms with van der Waals surface area (Å²) >= 11 is 0. The Morgan fingerprint density at radius 1 is 1.80 bits per heavy atom. The lowest BCUT2D eigenvalue weighted by molar-refractivity contribution is -0.152. The van der Waals surface area contributed by atoms with Gasteiger partial charge >= 0.3 is 5.97 Å². The Bertz CT molecular complexity index is 305. The number of esters is 1. The van der Waals surface area contributed by atoms with Gasteiger partial charge in [-0.2, -0.15) is 0 Å². The molecule has 0 aromatic heterocycles. The van der Waals surface area contributed by atoms with E-state index in [-0.39, 0.29) is 12.4 Å². The van der Waals surface area contributed by atoms with Gasteiger partial charge < -0.3 is 4.74 Å². The third-order valence-electron chi connectivity index (χ3n) is 3.36. The molecule has 2 atom stereocenters. The van der Waals surface area contributed by atoms with Gasteiger partial charge in [-0.1, -0.05) is 6.58 Å². The minimum absolute atomic E-state index is 0.213. The van der Waals surface area contributed by atoms with Crippen LogP contribution in [0.2, 0.25) is 0 Å². The molecule has 0 saturated carbocycles. The third kappa shape index (κ3) is 1.39. The summed E-state index contributed by atoms with van der Waals surface area (Å²) in [4.78, 5) is 13.8. The second-order valence-electron chi connectivity index (χ2n) is 4.18. The molecule has 2 rings (SSSR count). The minimum atomic E-state index is -0.938. The molecule has 0 amide bonds. The summed E-state index contributed by atoms with van der Waals surface area (Å²) in [6, 6.07) is 0. The molecule has 84 valence electrons. The normalized spacial score (nSPS) is 35.6. The van der Waals surface area contributed by atoms with Crippen LogP contribution in [0.4, 0.5) is 4.39 Å². The van der Waals surface area contributed by atoms with E-state index < -0.39 is 11.7 Å². The number of rotatable bonds is 2. The van der Waals surface area contributed by atoms with Crippen LogP contribution in [0.1, 0.15) is 19.8 Å². The van der Waals surface area contributed by atoms with Gasteiger partial charge in [-0.25, -0.2) is 9.18 Å². The summed E-state index contributed by atoms with van der Waals surface area (Å²) < 4.78 is 18.4. The largest absolute Gasteiger partial charge is 0.464 e. The van der Waals surface area contributed by atoms with Crippen molar-refractivity contribution in [3.05, 3.63) is 12.2 Å². The van der Waals surface area contributed by atoms with Crippen LogP contribution in [-0.4, -0.2) is 42.3 Å². The fourth-order valence-electron chi connectivity index (χ4n) is 2.64. The number of carbonyl (C=O) groups excluding carboxylic acids is 1. The lowest BCUT2D eigenvalue weighted by atomic mass is 9.89. The maximum absolute atomic E-state index is 13.4. The van der Waals surface area contributed by atoms with Crippen LogP contribution in [0.3, 0.4) is 0 Å². The molecule has 2 aliphatic heterocycles. The molecule has 1 unspecified atom stereocenters. The van der Waals surface area contributed by atoms with Crippen LogP contribution in [0.5, 0.6) is 0 Å². The Morgan fingerprint density at radius 3 is 3.20 bits per heavy atom. The molecule has 0 aromatic rings. The maximum Gasteiger partial charge on any atom is 0.330 e. The zero-order valence-corrected chi connectivity index (χ0v) is 8.96. The first-order valence-electron chi connectivity index (χ1n) is 5.36. The molecular formula is C11H16FNO2. The van der Waals surface area contributed by atoms with E-state index in [0.717, 1.165) is 18.5 Å². The molecule has 3 nitrogen and oxygen atoms in total. The predicted molar refractivity (Wildman–Crippen MR) is 54.2 cm³/mol. The molecule has 2 fully saturated rings. The number of carbonyl (C=O) groups is 1. The van der Waals surface area contributed by atoms with E-state index in [1.54, 1.807) is 6.92 Å². The first-order chi connectivity index (χ1) is 7.11. The molecular weight excluding hydrogens is 197 g/mol. The topological polar surface area (TPSA) is 29.5 Å². The van der Waals surface area contributed by atoms with E-state index in [1.807, 2.05) is 4.90 Å². The maximum atomic E-state index is 13.4. The van der Waals surface area contributed by atoms with E-state index >= 15 is 0 Å². The van der Waals surface area contributed by atoms with Crippen molar-refractivity contribution in [3.63, 3.8) is 0 Å². The van der Waals surface area contributed by atoms with Gasteiger partial charge in [0, 0.05) is 19.5 Å². The van der Waals surface area contributed by atoms with E-state index in [4.69, 9.17) is 4.74 Å². The fourth-order valence-corrected chi connectivity index (χ4v) is 2.64. The average Bonchev–Trinajstić information content (AvgIpc) is 2.65. The Hall–Kier alpha value is -0.900. The molecule has 0 spiro atoms. The monoisotopic (exact) mass is 213 g/mol. The number of alkyl halides is 1. The van der Waals surface area contributed by atoms with Gasteiger partial charge in [0.25, 0.3) is 0 Å². The van der Waals surface area contributed by atoms with Gasteiger partial charge in [0.2, 0.25) is 0 Å². The van der Waals surface area contributed by atoms with E-state index in [0.29, 0.717) is 13.2 Å². The minimum Gasteiger partial charge on any atom is -0.464 e. The van der Waals surface area contributed by atoms with Crippen molar-refractivity contribution < 1.29 is 13.9 Å². The van der Waals surface area contributed by atoms with Gasteiger partial charge in [0.05, 0.1) is 6.61 Å². The Kier molecular flexibility index (Phi) is 2.54. The molecule has 4 heteroatoms. The summed E-state index contributed by atoms with van der Waals surface area (Å²) in [5.41, 5.74) is -0.0452. The Labute approximate surface area is 88.9 Å². The summed E-state index contributed by atoms with van der Waals surface area (Å²) in [7, 11) is 0. The molecule has 2 saturated heterocycles. The molecule has 0 aromatic carbocycles. The molecule has 15 heavy (non-hydrogen) atoms. The molecule has 0 radical (unpaired) electrons. The Morgan fingerprint density at radius 2 is 2.53 bits per heavy atom. The highest BCUT2D eigenvalue weighted by Crippen LogP contribution is 2.43. The first kappa shape index (κ1) is 10.6. The zero-order valence-electron chi connectivity index (χ0n) is 8.96. The van der Waals surface area contributed by atoms with Gasteiger partial charge in [0.1, 0.15) is 11.7 Å². The molecule has 0 N–H and O–H groups in total. The standard InChI is InChI=1S/C11H16FNO2/c1-3-15-10(14)11-6-9(12)7-13(11)5-4-8(11)2/h9H,2-7H2,1H3/t9-,11?/m1/s1. The second-order valence-corrected chi connectivity index (χ2v) is 4.18. The highest BCUT2D eigenvalue weighted by Gasteiger charge is 2.57. The first-order valence-corrected chi connectivity index (χ1v) is 5.36. The van der Waals surface area contributed by atoms with Crippen molar-refractivity contribution in [1.29, 1.82) is 0 Å². The Balaban J connectivity index is 2.28. The number of hydrogen-bond acceptors (Lipinski definition) is 3. The number of fused-ring (bicyclic) bond motifs is 1. The summed E-state index contributed by atoms with van der Waals surface area (Å²) in [5, 5.41) is 0. The second kappa shape index (κ2) is 3.59. The molecule has 0 aliphatic carbocycles. The van der Waals surface area contributed by atoms with Crippen LogP contribution < -0.4 is 0 Å². The summed E-state index contributed by atoms with van der Waals surface area (Å²) in [6.45, 7) is 7.04. The van der Waals surface area contributed by atoms with Gasteiger partial charge in [-0.15, -0.1) is 0 Å². The van der Waals surface area contributed by atoms with E-state index in [9.17, 15) is 9.18 Å². The van der Waals surface area contributed by atoms with E-state index in [2.05, 4.69) is 6.58 Å². The van der Waals surface area contributed by atoms with Crippen molar-refractivity contribution in [1.82, 2.24) is 4.90 Å².